The minimum Gasteiger partial charge on any atom is -0.480 e. The van der Waals surface area contributed by atoms with Crippen molar-refractivity contribution in [1.29, 1.82) is 0 Å². The van der Waals surface area contributed by atoms with Crippen LogP contribution in [-0.4, -0.2) is 27.9 Å². The highest BCUT2D eigenvalue weighted by Gasteiger charge is 2.30. The van der Waals surface area contributed by atoms with E-state index in [0.29, 0.717) is 12.1 Å². The first-order chi connectivity index (χ1) is 9.66. The quantitative estimate of drug-likeness (QED) is 0.635. The van der Waals surface area contributed by atoms with E-state index < -0.39 is 51.6 Å². The Morgan fingerprint density at radius 3 is 2.33 bits per heavy atom. The molecule has 1 aromatic rings. The highest BCUT2D eigenvalue weighted by Crippen LogP contribution is 2.23. The summed E-state index contributed by atoms with van der Waals surface area (Å²) in [5, 5.41) is 21.4. The Bertz CT molecular complexity index is 604. The maximum Gasteiger partial charge on any atom is 0.326 e. The fourth-order valence-electron chi connectivity index (χ4n) is 1.62. The SMILES string of the molecule is CC(C)C(NC(=O)c1c(F)ccc([N+](=O)[O-])c1F)C(=O)O. The Labute approximate surface area is 117 Å². The molecule has 1 rings (SSSR count). The van der Waals surface area contributed by atoms with E-state index in [1.54, 1.807) is 0 Å². The van der Waals surface area contributed by atoms with Gasteiger partial charge in [0.25, 0.3) is 5.91 Å². The number of amides is 1. The lowest BCUT2D eigenvalue weighted by molar-refractivity contribution is -0.387. The number of carboxylic acid groups (broad SMARTS) is 1. The third kappa shape index (κ3) is 3.50. The molecule has 0 aliphatic carbocycles. The molecule has 0 spiro atoms. The first-order valence-electron chi connectivity index (χ1n) is 5.82. The summed E-state index contributed by atoms with van der Waals surface area (Å²) in [6.45, 7) is 2.97. The molecule has 1 atom stereocenters. The monoisotopic (exact) mass is 302 g/mol. The van der Waals surface area contributed by atoms with Gasteiger partial charge in [0.1, 0.15) is 17.4 Å². The van der Waals surface area contributed by atoms with Crippen LogP contribution in [-0.2, 0) is 4.79 Å². The van der Waals surface area contributed by atoms with Crippen LogP contribution in [0.2, 0.25) is 0 Å². The molecule has 0 aromatic heterocycles. The highest BCUT2D eigenvalue weighted by molar-refractivity contribution is 5.97. The summed E-state index contributed by atoms with van der Waals surface area (Å²) in [4.78, 5) is 32.2. The lowest BCUT2D eigenvalue weighted by Crippen LogP contribution is -2.44. The normalized spacial score (nSPS) is 12.0. The fourth-order valence-corrected chi connectivity index (χ4v) is 1.62. The number of nitro groups is 1. The van der Waals surface area contributed by atoms with Crippen LogP contribution in [0, 0.1) is 27.7 Å². The number of hydrogen-bond donors (Lipinski definition) is 2. The van der Waals surface area contributed by atoms with Crippen LogP contribution in [0.4, 0.5) is 14.5 Å². The maximum absolute atomic E-state index is 13.8. The zero-order chi connectivity index (χ0) is 16.3. The topological polar surface area (TPSA) is 110 Å². The predicted molar refractivity (Wildman–Crippen MR) is 66.7 cm³/mol. The van der Waals surface area contributed by atoms with E-state index in [-0.39, 0.29) is 0 Å². The molecule has 0 aliphatic heterocycles. The Kier molecular flexibility index (Phi) is 4.90. The Hall–Kier alpha value is -2.58. The van der Waals surface area contributed by atoms with Gasteiger partial charge in [-0.15, -0.1) is 0 Å². The van der Waals surface area contributed by atoms with Crippen LogP contribution in [0.5, 0.6) is 0 Å². The third-order valence-electron chi connectivity index (χ3n) is 2.71. The van der Waals surface area contributed by atoms with Gasteiger partial charge in [-0.25, -0.2) is 9.18 Å². The van der Waals surface area contributed by atoms with Gasteiger partial charge in [-0.2, -0.15) is 4.39 Å². The number of benzene rings is 1. The van der Waals surface area contributed by atoms with E-state index >= 15 is 0 Å². The number of carboxylic acids is 1. The molecule has 9 heteroatoms. The summed E-state index contributed by atoms with van der Waals surface area (Å²) < 4.78 is 27.3. The number of nitrogens with one attached hydrogen (secondary N) is 1. The van der Waals surface area contributed by atoms with Crippen LogP contribution in [0.25, 0.3) is 0 Å². The van der Waals surface area contributed by atoms with Crippen molar-refractivity contribution in [1.82, 2.24) is 5.32 Å². The summed E-state index contributed by atoms with van der Waals surface area (Å²) in [6, 6.07) is -0.226. The second-order valence-electron chi connectivity index (χ2n) is 4.55. The molecular formula is C12H12F2N2O5. The van der Waals surface area contributed by atoms with E-state index in [2.05, 4.69) is 0 Å². The van der Waals surface area contributed by atoms with Crippen molar-refractivity contribution in [2.75, 3.05) is 0 Å². The van der Waals surface area contributed by atoms with Crippen LogP contribution in [0.3, 0.4) is 0 Å². The Morgan fingerprint density at radius 2 is 1.90 bits per heavy atom. The van der Waals surface area contributed by atoms with Crippen LogP contribution < -0.4 is 5.32 Å². The number of aliphatic carboxylic acids is 1. The van der Waals surface area contributed by atoms with Crippen molar-refractivity contribution < 1.29 is 28.4 Å². The number of carbonyl (C=O) groups excluding carboxylic acids is 1. The minimum absolute atomic E-state index is 0.545. The second kappa shape index (κ2) is 6.25. The van der Waals surface area contributed by atoms with Gasteiger partial charge < -0.3 is 10.4 Å². The molecule has 0 saturated heterocycles. The number of hydrogen-bond acceptors (Lipinski definition) is 4. The van der Waals surface area contributed by atoms with Crippen molar-refractivity contribution in [2.45, 2.75) is 19.9 Å². The van der Waals surface area contributed by atoms with Crippen molar-refractivity contribution in [2.24, 2.45) is 5.92 Å². The van der Waals surface area contributed by atoms with Gasteiger partial charge in [-0.3, -0.25) is 14.9 Å². The second-order valence-corrected chi connectivity index (χ2v) is 4.55. The molecule has 114 valence electrons. The van der Waals surface area contributed by atoms with Crippen LogP contribution >= 0.6 is 0 Å². The zero-order valence-electron chi connectivity index (χ0n) is 11.1. The molecule has 0 bridgehead atoms. The first-order valence-corrected chi connectivity index (χ1v) is 5.82. The lowest BCUT2D eigenvalue weighted by Gasteiger charge is -2.18. The lowest BCUT2D eigenvalue weighted by atomic mass is 10.0. The number of nitro benzene ring substituents is 1. The standard InChI is InChI=1S/C12H12F2N2O5/c1-5(2)10(12(18)19)15-11(17)8-6(13)3-4-7(9(8)14)16(20)21/h3-5,10H,1-2H3,(H,15,17)(H,18,19). The zero-order valence-corrected chi connectivity index (χ0v) is 11.1. The molecule has 1 amide bonds. The van der Waals surface area contributed by atoms with Crippen molar-refractivity contribution >= 4 is 17.6 Å². The van der Waals surface area contributed by atoms with Crippen molar-refractivity contribution in [3.63, 3.8) is 0 Å². The van der Waals surface area contributed by atoms with E-state index in [0.717, 1.165) is 0 Å². The number of carbonyl (C=O) groups is 2. The van der Waals surface area contributed by atoms with Crippen molar-refractivity contribution in [3.8, 4) is 0 Å². The van der Waals surface area contributed by atoms with E-state index in [4.69, 9.17) is 5.11 Å². The third-order valence-corrected chi connectivity index (χ3v) is 2.71. The molecule has 0 radical (unpaired) electrons. The average molecular weight is 302 g/mol. The largest absolute Gasteiger partial charge is 0.480 e. The first kappa shape index (κ1) is 16.5. The molecule has 0 heterocycles. The number of nitrogens with zero attached hydrogens (tertiary/aromatic N) is 1. The Morgan fingerprint density at radius 1 is 1.33 bits per heavy atom. The molecule has 0 aliphatic rings. The molecule has 7 nitrogen and oxygen atoms in total. The number of rotatable bonds is 5. The fraction of sp³-hybridized carbons (Fsp3) is 0.333. The molecule has 1 unspecified atom stereocenters. The van der Waals surface area contributed by atoms with E-state index in [1.165, 1.54) is 13.8 Å². The number of halogens is 2. The van der Waals surface area contributed by atoms with Gasteiger partial charge >= 0.3 is 11.7 Å². The average Bonchev–Trinajstić information content (AvgIpc) is 2.34. The minimum atomic E-state index is -1.65. The van der Waals surface area contributed by atoms with Crippen LogP contribution in [0.15, 0.2) is 12.1 Å². The van der Waals surface area contributed by atoms with Gasteiger partial charge in [-0.1, -0.05) is 13.8 Å². The summed E-state index contributed by atoms with van der Waals surface area (Å²) >= 11 is 0. The van der Waals surface area contributed by atoms with Gasteiger partial charge in [-0.05, 0) is 12.0 Å². The van der Waals surface area contributed by atoms with E-state index in [9.17, 15) is 28.5 Å². The van der Waals surface area contributed by atoms with Gasteiger partial charge in [0.05, 0.1) is 4.92 Å². The molecular weight excluding hydrogens is 290 g/mol. The molecule has 0 fully saturated rings. The predicted octanol–water partition coefficient (Wildman–Crippen LogP) is 1.71. The summed E-state index contributed by atoms with van der Waals surface area (Å²) in [5.41, 5.74) is -2.26. The summed E-state index contributed by atoms with van der Waals surface area (Å²) in [5.74, 6) is -6.26. The van der Waals surface area contributed by atoms with Gasteiger partial charge in [0.2, 0.25) is 5.82 Å². The van der Waals surface area contributed by atoms with Crippen molar-refractivity contribution in [3.05, 3.63) is 39.4 Å². The Balaban J connectivity index is 3.21. The molecule has 21 heavy (non-hydrogen) atoms. The van der Waals surface area contributed by atoms with Gasteiger partial charge in [0, 0.05) is 6.07 Å². The summed E-state index contributed by atoms with van der Waals surface area (Å²) in [6.07, 6.45) is 0. The highest BCUT2D eigenvalue weighted by atomic mass is 19.1. The van der Waals surface area contributed by atoms with Crippen LogP contribution in [0.1, 0.15) is 24.2 Å². The molecule has 2 N–H and O–H groups in total. The maximum atomic E-state index is 13.8. The molecule has 1 aromatic carbocycles. The smallest absolute Gasteiger partial charge is 0.326 e. The summed E-state index contributed by atoms with van der Waals surface area (Å²) in [7, 11) is 0. The van der Waals surface area contributed by atoms with E-state index in [1.807, 2.05) is 5.32 Å². The molecule has 0 saturated carbocycles. The van der Waals surface area contributed by atoms with Gasteiger partial charge in [0.15, 0.2) is 0 Å².